The van der Waals surface area contributed by atoms with E-state index in [9.17, 15) is 9.90 Å². The summed E-state index contributed by atoms with van der Waals surface area (Å²) in [7, 11) is 0. The van der Waals surface area contributed by atoms with Gasteiger partial charge in [0.15, 0.2) is 0 Å². The normalized spacial score (nSPS) is 12.8. The van der Waals surface area contributed by atoms with Crippen molar-refractivity contribution in [3.05, 3.63) is 12.2 Å². The van der Waals surface area contributed by atoms with Gasteiger partial charge < -0.3 is 21.1 Å². The number of aliphatic hydroxyl groups excluding tert-OH is 2. The van der Waals surface area contributed by atoms with E-state index in [4.69, 9.17) is 15.9 Å². The standard InChI is InChI=1S/C18H37NO2.C18H36O2/c1-2-3-4-5-6-7-8-9-10-11-12-13-14-15-18(21)17(19)16-20;1-2-3-4-5-6-7-8-9-10-11-12-13-14-15-16-17-18(19)20/h14-15,17-18,20-21H,2-13,16,19H2,1H3;2-17H2,1H3,(H,19,20)/b15-14+;/t17-,18+;/m0./s1. The van der Waals surface area contributed by atoms with Crippen molar-refractivity contribution in [3.63, 3.8) is 0 Å². The van der Waals surface area contributed by atoms with Gasteiger partial charge in [-0.2, -0.15) is 0 Å². The summed E-state index contributed by atoms with van der Waals surface area (Å²) < 4.78 is 0. The van der Waals surface area contributed by atoms with Crippen molar-refractivity contribution >= 4 is 5.97 Å². The molecule has 0 aliphatic carbocycles. The fourth-order valence-electron chi connectivity index (χ4n) is 5.06. The predicted octanol–water partition coefficient (Wildman–Crippen LogP) is 10.3. The molecule has 2 atom stereocenters. The highest BCUT2D eigenvalue weighted by molar-refractivity contribution is 5.66. The summed E-state index contributed by atoms with van der Waals surface area (Å²) in [5, 5.41) is 26.8. The summed E-state index contributed by atoms with van der Waals surface area (Å²) >= 11 is 0. The Kier molecular flexibility index (Phi) is 38.2. The molecule has 0 aromatic heterocycles. The second kappa shape index (κ2) is 37.1. The zero-order valence-electron chi connectivity index (χ0n) is 27.6. The van der Waals surface area contributed by atoms with E-state index in [0.29, 0.717) is 6.42 Å². The molecule has 41 heavy (non-hydrogen) atoms. The zero-order chi connectivity index (χ0) is 30.7. The van der Waals surface area contributed by atoms with Crippen molar-refractivity contribution in [1.82, 2.24) is 0 Å². The van der Waals surface area contributed by atoms with E-state index in [1.54, 1.807) is 6.08 Å². The van der Waals surface area contributed by atoms with Crippen LogP contribution in [0.2, 0.25) is 0 Å². The van der Waals surface area contributed by atoms with Gasteiger partial charge in [0.2, 0.25) is 0 Å². The quantitative estimate of drug-likeness (QED) is 0.0480. The Morgan fingerprint density at radius 2 is 0.902 bits per heavy atom. The van der Waals surface area contributed by atoms with E-state index >= 15 is 0 Å². The monoisotopic (exact) mass is 584 g/mol. The van der Waals surface area contributed by atoms with Crippen molar-refractivity contribution in [2.24, 2.45) is 5.73 Å². The van der Waals surface area contributed by atoms with Crippen molar-refractivity contribution in [2.45, 2.75) is 206 Å². The molecule has 5 heteroatoms. The molecular formula is C36H73NO4. The molecule has 0 radical (unpaired) electrons. The van der Waals surface area contributed by atoms with E-state index in [1.807, 2.05) is 6.08 Å². The molecule has 0 bridgehead atoms. The van der Waals surface area contributed by atoms with Gasteiger partial charge in [0.1, 0.15) is 0 Å². The third kappa shape index (κ3) is 39.1. The second-order valence-electron chi connectivity index (χ2n) is 12.2. The average molecular weight is 584 g/mol. The number of carbonyl (C=O) groups is 1. The van der Waals surface area contributed by atoms with Crippen molar-refractivity contribution in [3.8, 4) is 0 Å². The van der Waals surface area contributed by atoms with Gasteiger partial charge >= 0.3 is 5.97 Å². The van der Waals surface area contributed by atoms with Gasteiger partial charge in [-0.15, -0.1) is 0 Å². The van der Waals surface area contributed by atoms with Gasteiger partial charge in [0, 0.05) is 6.42 Å². The fourth-order valence-corrected chi connectivity index (χ4v) is 5.06. The number of carboxylic acids is 1. The van der Waals surface area contributed by atoms with Gasteiger partial charge in [-0.25, -0.2) is 0 Å². The lowest BCUT2D eigenvalue weighted by Crippen LogP contribution is -2.36. The SMILES string of the molecule is CCCCCCCCCCCCC/C=C/[C@@H](O)[C@@H](N)CO.CCCCCCCCCCCCCCCCCC(=O)O. The number of rotatable bonds is 31. The maximum Gasteiger partial charge on any atom is 0.303 e. The number of hydrogen-bond donors (Lipinski definition) is 4. The van der Waals surface area contributed by atoms with Crippen LogP contribution in [-0.2, 0) is 4.79 Å². The van der Waals surface area contributed by atoms with Crippen LogP contribution in [0.3, 0.4) is 0 Å². The number of unbranched alkanes of at least 4 members (excludes halogenated alkanes) is 25. The molecule has 0 saturated heterocycles. The first-order chi connectivity index (χ1) is 20.0. The highest BCUT2D eigenvalue weighted by Crippen LogP contribution is 2.14. The molecule has 5 nitrogen and oxygen atoms in total. The summed E-state index contributed by atoms with van der Waals surface area (Å²) in [6.45, 7) is 4.35. The molecular weight excluding hydrogens is 510 g/mol. The lowest BCUT2D eigenvalue weighted by Gasteiger charge is -2.11. The van der Waals surface area contributed by atoms with Gasteiger partial charge in [-0.05, 0) is 19.3 Å². The molecule has 0 aromatic carbocycles. The first-order valence-electron chi connectivity index (χ1n) is 17.9. The second-order valence-corrected chi connectivity index (χ2v) is 12.2. The molecule has 0 spiro atoms. The van der Waals surface area contributed by atoms with Crippen LogP contribution in [0.5, 0.6) is 0 Å². The molecule has 0 aliphatic rings. The van der Waals surface area contributed by atoms with Gasteiger partial charge in [0.05, 0.1) is 18.8 Å². The number of carboxylic acid groups (broad SMARTS) is 1. The summed E-state index contributed by atoms with van der Waals surface area (Å²) in [6.07, 6.45) is 39.0. The summed E-state index contributed by atoms with van der Waals surface area (Å²) in [5.41, 5.74) is 5.51. The van der Waals surface area contributed by atoms with Crippen LogP contribution in [0.25, 0.3) is 0 Å². The zero-order valence-corrected chi connectivity index (χ0v) is 27.6. The maximum atomic E-state index is 10.3. The Hall–Kier alpha value is -0.910. The molecule has 0 amide bonds. The van der Waals surface area contributed by atoms with Crippen molar-refractivity contribution in [2.75, 3.05) is 6.61 Å². The van der Waals surface area contributed by atoms with E-state index in [-0.39, 0.29) is 6.61 Å². The number of hydrogen-bond acceptors (Lipinski definition) is 4. The molecule has 246 valence electrons. The molecule has 0 aliphatic heterocycles. The molecule has 5 N–H and O–H groups in total. The van der Waals surface area contributed by atoms with Crippen LogP contribution in [0.4, 0.5) is 0 Å². The van der Waals surface area contributed by atoms with E-state index < -0.39 is 18.1 Å². The predicted molar refractivity (Wildman–Crippen MR) is 178 cm³/mol. The van der Waals surface area contributed by atoms with E-state index in [1.165, 1.54) is 154 Å². The van der Waals surface area contributed by atoms with Gasteiger partial charge in [0.25, 0.3) is 0 Å². The minimum Gasteiger partial charge on any atom is -0.481 e. The minimum absolute atomic E-state index is 0.177. The molecule has 0 fully saturated rings. The Bertz CT molecular complexity index is 526. The van der Waals surface area contributed by atoms with Crippen molar-refractivity contribution in [1.29, 1.82) is 0 Å². The number of aliphatic carboxylic acids is 1. The van der Waals surface area contributed by atoms with Crippen LogP contribution in [0.15, 0.2) is 12.2 Å². The van der Waals surface area contributed by atoms with Crippen LogP contribution < -0.4 is 5.73 Å². The van der Waals surface area contributed by atoms with Crippen LogP contribution in [0.1, 0.15) is 194 Å². The number of allylic oxidation sites excluding steroid dienone is 1. The maximum absolute atomic E-state index is 10.3. The third-order valence-corrected chi connectivity index (χ3v) is 7.95. The summed E-state index contributed by atoms with van der Waals surface area (Å²) in [6, 6.07) is -0.557. The molecule has 0 unspecified atom stereocenters. The minimum atomic E-state index is -0.720. The first-order valence-corrected chi connectivity index (χ1v) is 17.9. The molecule has 0 heterocycles. The molecule has 0 rings (SSSR count). The fraction of sp³-hybridized carbons (Fsp3) is 0.917. The number of aliphatic hydroxyl groups is 2. The highest BCUT2D eigenvalue weighted by Gasteiger charge is 2.08. The van der Waals surface area contributed by atoms with Crippen molar-refractivity contribution < 1.29 is 20.1 Å². The Balaban J connectivity index is 0. The smallest absolute Gasteiger partial charge is 0.303 e. The Labute approximate surface area is 256 Å². The Morgan fingerprint density at radius 1 is 0.585 bits per heavy atom. The largest absolute Gasteiger partial charge is 0.481 e. The lowest BCUT2D eigenvalue weighted by molar-refractivity contribution is -0.137. The molecule has 0 aromatic rings. The first kappa shape index (κ1) is 42.2. The summed E-state index contributed by atoms with van der Waals surface area (Å²) in [5.74, 6) is -0.653. The third-order valence-electron chi connectivity index (χ3n) is 7.95. The number of nitrogens with two attached hydrogens (primary N) is 1. The van der Waals surface area contributed by atoms with Crippen LogP contribution >= 0.6 is 0 Å². The van der Waals surface area contributed by atoms with E-state index in [0.717, 1.165) is 19.3 Å². The summed E-state index contributed by atoms with van der Waals surface area (Å²) in [4.78, 5) is 10.3. The lowest BCUT2D eigenvalue weighted by atomic mass is 10.0. The average Bonchev–Trinajstić information content (AvgIpc) is 2.97. The molecule has 0 saturated carbocycles. The highest BCUT2D eigenvalue weighted by atomic mass is 16.4. The topological polar surface area (TPSA) is 104 Å². The van der Waals surface area contributed by atoms with Gasteiger partial charge in [-0.1, -0.05) is 180 Å². The van der Waals surface area contributed by atoms with E-state index in [2.05, 4.69) is 13.8 Å². The van der Waals surface area contributed by atoms with Gasteiger partial charge in [-0.3, -0.25) is 4.79 Å². The van der Waals surface area contributed by atoms with Crippen LogP contribution in [-0.4, -0.2) is 40.0 Å². The Morgan fingerprint density at radius 3 is 1.22 bits per heavy atom. The van der Waals surface area contributed by atoms with Crippen LogP contribution in [0, 0.1) is 0 Å².